The van der Waals surface area contributed by atoms with Crippen molar-refractivity contribution in [3.63, 3.8) is 0 Å². The van der Waals surface area contributed by atoms with Crippen LogP contribution in [0, 0.1) is 0 Å². The maximum Gasteiger partial charge on any atom is 0.0303 e. The van der Waals surface area contributed by atoms with E-state index in [-0.39, 0.29) is 0 Å². The second-order valence-electron chi connectivity index (χ2n) is 5.45. The lowest BCUT2D eigenvalue weighted by atomic mass is 9.89. The normalized spacial score (nSPS) is 29.9. The van der Waals surface area contributed by atoms with E-state index in [0.717, 1.165) is 13.0 Å². The Balaban J connectivity index is 1.71. The maximum absolute atomic E-state index is 6.09. The van der Waals surface area contributed by atoms with E-state index in [1.807, 2.05) is 12.4 Å². The van der Waals surface area contributed by atoms with Gasteiger partial charge in [0.15, 0.2) is 0 Å². The van der Waals surface area contributed by atoms with Gasteiger partial charge in [-0.05, 0) is 42.9 Å². The first kappa shape index (κ1) is 11.2. The fourth-order valence-electron chi connectivity index (χ4n) is 3.24. The Labute approximate surface area is 103 Å². The Bertz CT molecular complexity index is 391. The maximum atomic E-state index is 6.09. The Morgan fingerprint density at radius 3 is 3.12 bits per heavy atom. The molecule has 3 rings (SSSR count). The molecule has 1 aliphatic heterocycles. The summed E-state index contributed by atoms with van der Waals surface area (Å²) in [5, 5.41) is 0. The van der Waals surface area contributed by atoms with Gasteiger partial charge in [0.2, 0.25) is 0 Å². The lowest BCUT2D eigenvalue weighted by molar-refractivity contribution is 0.133. The smallest absolute Gasteiger partial charge is 0.0303 e. The summed E-state index contributed by atoms with van der Waals surface area (Å²) < 4.78 is 0. The van der Waals surface area contributed by atoms with Gasteiger partial charge in [-0.2, -0.15) is 0 Å². The van der Waals surface area contributed by atoms with E-state index < -0.39 is 0 Å². The van der Waals surface area contributed by atoms with Crippen LogP contribution in [0.1, 0.15) is 36.8 Å². The van der Waals surface area contributed by atoms with E-state index in [1.165, 1.54) is 43.4 Å². The van der Waals surface area contributed by atoms with E-state index in [0.29, 0.717) is 12.1 Å². The van der Waals surface area contributed by atoms with Crippen LogP contribution in [0.5, 0.6) is 0 Å². The number of pyridine rings is 1. The summed E-state index contributed by atoms with van der Waals surface area (Å²) in [7, 11) is 0. The first-order chi connectivity index (χ1) is 8.33. The lowest BCUT2D eigenvalue weighted by Crippen LogP contribution is -2.44. The van der Waals surface area contributed by atoms with Gasteiger partial charge in [-0.25, -0.2) is 0 Å². The molecule has 0 radical (unpaired) electrons. The molecule has 3 nitrogen and oxygen atoms in total. The summed E-state index contributed by atoms with van der Waals surface area (Å²) in [5.41, 5.74) is 8.99. The quantitative estimate of drug-likeness (QED) is 0.800. The van der Waals surface area contributed by atoms with Crippen LogP contribution >= 0.6 is 0 Å². The minimum Gasteiger partial charge on any atom is -0.328 e. The number of nitrogens with zero attached hydrogens (tertiary/aromatic N) is 2. The van der Waals surface area contributed by atoms with Crippen molar-refractivity contribution in [2.24, 2.45) is 5.73 Å². The molecule has 1 aromatic heterocycles. The summed E-state index contributed by atoms with van der Waals surface area (Å²) in [4.78, 5) is 6.84. The second-order valence-corrected chi connectivity index (χ2v) is 5.45. The molecule has 0 unspecified atom stereocenters. The predicted octanol–water partition coefficient (Wildman–Crippen LogP) is 1.71. The fraction of sp³-hybridized carbons (Fsp3) is 0.643. The van der Waals surface area contributed by atoms with Crippen LogP contribution in [0.15, 0.2) is 18.5 Å². The van der Waals surface area contributed by atoms with Crippen molar-refractivity contribution in [3.05, 3.63) is 29.6 Å². The van der Waals surface area contributed by atoms with E-state index >= 15 is 0 Å². The molecule has 0 bridgehead atoms. The Morgan fingerprint density at radius 2 is 2.24 bits per heavy atom. The summed E-state index contributed by atoms with van der Waals surface area (Å²) >= 11 is 0. The molecule has 1 aliphatic carbocycles. The molecule has 17 heavy (non-hydrogen) atoms. The van der Waals surface area contributed by atoms with Crippen molar-refractivity contribution in [1.29, 1.82) is 0 Å². The van der Waals surface area contributed by atoms with Crippen LogP contribution < -0.4 is 5.73 Å². The Hall–Kier alpha value is -0.930. The zero-order chi connectivity index (χ0) is 11.7. The lowest BCUT2D eigenvalue weighted by Gasteiger charge is -2.39. The molecule has 3 heteroatoms. The summed E-state index contributed by atoms with van der Waals surface area (Å²) in [6.45, 7) is 2.27. The van der Waals surface area contributed by atoms with E-state index in [4.69, 9.17) is 5.73 Å². The number of aromatic nitrogens is 1. The zero-order valence-corrected chi connectivity index (χ0v) is 10.3. The van der Waals surface area contributed by atoms with Gasteiger partial charge < -0.3 is 5.73 Å². The molecule has 2 N–H and O–H groups in total. The van der Waals surface area contributed by atoms with Crippen molar-refractivity contribution in [2.45, 2.75) is 50.7 Å². The second kappa shape index (κ2) is 4.75. The Kier molecular flexibility index (Phi) is 3.12. The molecular formula is C14H21N3. The fourth-order valence-corrected chi connectivity index (χ4v) is 3.24. The average Bonchev–Trinajstić information content (AvgIpc) is 2.38. The molecule has 92 valence electrons. The molecule has 0 saturated heterocycles. The highest BCUT2D eigenvalue weighted by Crippen LogP contribution is 2.27. The van der Waals surface area contributed by atoms with Gasteiger partial charge >= 0.3 is 0 Å². The zero-order valence-electron chi connectivity index (χ0n) is 10.3. The van der Waals surface area contributed by atoms with E-state index in [1.54, 1.807) is 0 Å². The number of rotatable bonds is 1. The van der Waals surface area contributed by atoms with Gasteiger partial charge in [-0.15, -0.1) is 0 Å². The van der Waals surface area contributed by atoms with Crippen LogP contribution in [0.25, 0.3) is 0 Å². The monoisotopic (exact) mass is 231 g/mol. The molecule has 2 heterocycles. The number of hydrogen-bond donors (Lipinski definition) is 1. The van der Waals surface area contributed by atoms with Gasteiger partial charge in [-0.3, -0.25) is 9.88 Å². The standard InChI is InChI=1S/C14H21N3/c15-13-2-1-3-14(8-13)17-7-5-11-9-16-6-4-12(11)10-17/h4,6,9,13-14H,1-3,5,7-8,10,15H2/t13-,14+/m0/s1. The van der Waals surface area contributed by atoms with Crippen molar-refractivity contribution in [3.8, 4) is 0 Å². The third kappa shape index (κ3) is 2.35. The molecule has 2 atom stereocenters. The summed E-state index contributed by atoms with van der Waals surface area (Å²) in [6, 6.07) is 3.30. The largest absolute Gasteiger partial charge is 0.328 e. The molecule has 0 spiro atoms. The molecule has 1 fully saturated rings. The third-order valence-electron chi connectivity index (χ3n) is 4.25. The van der Waals surface area contributed by atoms with Crippen molar-refractivity contribution >= 4 is 0 Å². The summed E-state index contributed by atoms with van der Waals surface area (Å²) in [5.74, 6) is 0. The minimum absolute atomic E-state index is 0.424. The van der Waals surface area contributed by atoms with Crippen LogP contribution in [0.2, 0.25) is 0 Å². The van der Waals surface area contributed by atoms with Crippen molar-refractivity contribution < 1.29 is 0 Å². The summed E-state index contributed by atoms with van der Waals surface area (Å²) in [6.07, 6.45) is 10.1. The molecule has 1 aromatic rings. The SMILES string of the molecule is N[C@H]1CCC[C@@H](N2CCc3cnccc3C2)C1. The first-order valence-electron chi connectivity index (χ1n) is 6.74. The van der Waals surface area contributed by atoms with Crippen LogP contribution in [-0.4, -0.2) is 28.5 Å². The Morgan fingerprint density at radius 1 is 1.29 bits per heavy atom. The van der Waals surface area contributed by atoms with E-state index in [2.05, 4.69) is 16.0 Å². The van der Waals surface area contributed by atoms with Gasteiger partial charge in [0.1, 0.15) is 0 Å². The van der Waals surface area contributed by atoms with Crippen molar-refractivity contribution in [2.75, 3.05) is 6.54 Å². The number of nitrogens with two attached hydrogens (primary N) is 1. The van der Waals surface area contributed by atoms with Crippen LogP contribution in [-0.2, 0) is 13.0 Å². The molecule has 2 aliphatic rings. The highest BCUT2D eigenvalue weighted by Gasteiger charge is 2.27. The van der Waals surface area contributed by atoms with Gasteiger partial charge in [0.25, 0.3) is 0 Å². The average molecular weight is 231 g/mol. The van der Waals surface area contributed by atoms with Gasteiger partial charge in [0, 0.05) is 37.6 Å². The minimum atomic E-state index is 0.424. The topological polar surface area (TPSA) is 42.1 Å². The molecule has 0 aromatic carbocycles. The highest BCUT2D eigenvalue weighted by atomic mass is 15.2. The van der Waals surface area contributed by atoms with Gasteiger partial charge in [-0.1, -0.05) is 6.42 Å². The van der Waals surface area contributed by atoms with Crippen LogP contribution in [0.3, 0.4) is 0 Å². The highest BCUT2D eigenvalue weighted by molar-refractivity contribution is 5.25. The molecule has 1 saturated carbocycles. The number of hydrogen-bond acceptors (Lipinski definition) is 3. The van der Waals surface area contributed by atoms with Crippen molar-refractivity contribution in [1.82, 2.24) is 9.88 Å². The predicted molar refractivity (Wildman–Crippen MR) is 68.6 cm³/mol. The third-order valence-corrected chi connectivity index (χ3v) is 4.25. The first-order valence-corrected chi connectivity index (χ1v) is 6.74. The number of fused-ring (bicyclic) bond motifs is 1. The molecular weight excluding hydrogens is 210 g/mol. The molecule has 0 amide bonds. The van der Waals surface area contributed by atoms with E-state index in [9.17, 15) is 0 Å². The van der Waals surface area contributed by atoms with Crippen LogP contribution in [0.4, 0.5) is 0 Å². The van der Waals surface area contributed by atoms with Gasteiger partial charge in [0.05, 0.1) is 0 Å².